The highest BCUT2D eigenvalue weighted by atomic mass is 32.1. The molecule has 3 aromatic rings. The lowest BCUT2D eigenvalue weighted by Crippen LogP contribution is -2.48. The average Bonchev–Trinajstić information content (AvgIpc) is 3.39. The molecular weight excluding hydrogens is 387 g/mol. The zero-order valence-electron chi connectivity index (χ0n) is 16.9. The molecule has 0 N–H and O–H groups in total. The summed E-state index contributed by atoms with van der Waals surface area (Å²) in [5.74, 6) is 1.29. The first-order valence-electron chi connectivity index (χ1n) is 10.1. The van der Waals surface area contributed by atoms with Crippen LogP contribution in [0.4, 0.5) is 10.1 Å². The van der Waals surface area contributed by atoms with Gasteiger partial charge in [0.2, 0.25) is 0 Å². The number of hydrogen-bond acceptors (Lipinski definition) is 6. The van der Waals surface area contributed by atoms with Crippen molar-refractivity contribution in [3.8, 4) is 0 Å². The van der Waals surface area contributed by atoms with Crippen molar-refractivity contribution in [1.29, 1.82) is 0 Å². The van der Waals surface area contributed by atoms with Crippen molar-refractivity contribution in [1.82, 2.24) is 25.1 Å². The fourth-order valence-electron chi connectivity index (χ4n) is 3.96. The van der Waals surface area contributed by atoms with E-state index >= 15 is 0 Å². The summed E-state index contributed by atoms with van der Waals surface area (Å²) in [7, 11) is 0. The summed E-state index contributed by atoms with van der Waals surface area (Å²) < 4.78 is 16.1. The molecule has 0 spiro atoms. The molecular formula is C21H27FN6S. The molecule has 1 fully saturated rings. The summed E-state index contributed by atoms with van der Waals surface area (Å²) in [6.07, 6.45) is 0.991. The Morgan fingerprint density at radius 2 is 1.86 bits per heavy atom. The largest absolute Gasteiger partial charge is 0.367 e. The molecule has 4 rings (SSSR count). The average molecular weight is 415 g/mol. The van der Waals surface area contributed by atoms with E-state index in [1.165, 1.54) is 10.9 Å². The molecule has 29 heavy (non-hydrogen) atoms. The van der Waals surface area contributed by atoms with E-state index in [1.807, 2.05) is 16.8 Å². The Balaban J connectivity index is 1.50. The maximum Gasteiger partial charge on any atom is 0.168 e. The SMILES string of the molecule is CC(C)CC(c1nnnn1Cc1cccs1)N1CCN(c2ccccc2F)CC1. The van der Waals surface area contributed by atoms with Crippen LogP contribution in [0.3, 0.4) is 0 Å². The zero-order valence-corrected chi connectivity index (χ0v) is 17.7. The van der Waals surface area contributed by atoms with Crippen molar-refractivity contribution in [2.75, 3.05) is 31.1 Å². The van der Waals surface area contributed by atoms with Gasteiger partial charge in [0.05, 0.1) is 18.3 Å². The number of tetrazole rings is 1. The van der Waals surface area contributed by atoms with Crippen LogP contribution >= 0.6 is 11.3 Å². The highest BCUT2D eigenvalue weighted by Crippen LogP contribution is 2.29. The minimum absolute atomic E-state index is 0.153. The topological polar surface area (TPSA) is 50.1 Å². The van der Waals surface area contributed by atoms with Gasteiger partial charge in [-0.05, 0) is 46.3 Å². The Kier molecular flexibility index (Phi) is 6.20. The monoisotopic (exact) mass is 414 g/mol. The summed E-state index contributed by atoms with van der Waals surface area (Å²) in [4.78, 5) is 5.83. The van der Waals surface area contributed by atoms with E-state index in [1.54, 1.807) is 17.4 Å². The Bertz CT molecular complexity index is 902. The molecule has 3 heterocycles. The minimum atomic E-state index is -0.153. The van der Waals surface area contributed by atoms with E-state index < -0.39 is 0 Å². The second-order valence-electron chi connectivity index (χ2n) is 7.89. The van der Waals surface area contributed by atoms with Crippen molar-refractivity contribution < 1.29 is 4.39 Å². The molecule has 0 bridgehead atoms. The number of benzene rings is 1. The summed E-state index contributed by atoms with van der Waals surface area (Å²) in [6.45, 7) is 8.47. The van der Waals surface area contributed by atoms with Crippen LogP contribution in [0, 0.1) is 11.7 Å². The van der Waals surface area contributed by atoms with Crippen LogP contribution in [0.5, 0.6) is 0 Å². The number of piperazine rings is 1. The van der Waals surface area contributed by atoms with E-state index in [-0.39, 0.29) is 11.9 Å². The first-order chi connectivity index (χ1) is 14.1. The van der Waals surface area contributed by atoms with Crippen LogP contribution in [0.15, 0.2) is 41.8 Å². The molecule has 1 saturated heterocycles. The van der Waals surface area contributed by atoms with Crippen molar-refractivity contribution in [2.24, 2.45) is 5.92 Å². The summed E-state index contributed by atoms with van der Waals surface area (Å²) >= 11 is 1.72. The number of hydrogen-bond donors (Lipinski definition) is 0. The summed E-state index contributed by atoms with van der Waals surface area (Å²) in [5, 5.41) is 14.7. The first-order valence-corrected chi connectivity index (χ1v) is 11.0. The van der Waals surface area contributed by atoms with Gasteiger partial charge in [-0.2, -0.15) is 0 Å². The van der Waals surface area contributed by atoms with Crippen LogP contribution in [0.1, 0.15) is 37.0 Å². The number of nitrogens with zero attached hydrogens (tertiary/aromatic N) is 6. The first kappa shape index (κ1) is 20.0. The van der Waals surface area contributed by atoms with Crippen LogP contribution in [0.25, 0.3) is 0 Å². The van der Waals surface area contributed by atoms with Crippen molar-refractivity contribution in [2.45, 2.75) is 32.9 Å². The number of rotatable bonds is 7. The predicted octanol–water partition coefficient (Wildman–Crippen LogP) is 3.83. The lowest BCUT2D eigenvalue weighted by Gasteiger charge is -2.40. The van der Waals surface area contributed by atoms with Gasteiger partial charge >= 0.3 is 0 Å². The van der Waals surface area contributed by atoms with Crippen LogP contribution in [0.2, 0.25) is 0 Å². The zero-order chi connectivity index (χ0) is 20.2. The molecule has 0 saturated carbocycles. The van der Waals surface area contributed by atoms with Gasteiger partial charge in [-0.3, -0.25) is 4.90 Å². The highest BCUT2D eigenvalue weighted by Gasteiger charge is 2.30. The van der Waals surface area contributed by atoms with E-state index in [4.69, 9.17) is 0 Å². The summed E-state index contributed by atoms with van der Waals surface area (Å²) in [6, 6.07) is 11.3. The molecule has 0 amide bonds. The third-order valence-corrected chi connectivity index (χ3v) is 6.25. The number of halogens is 1. The Morgan fingerprint density at radius 3 is 2.55 bits per heavy atom. The quantitative estimate of drug-likeness (QED) is 0.588. The van der Waals surface area contributed by atoms with Gasteiger partial charge in [0, 0.05) is 31.1 Å². The number of thiophene rings is 1. The number of aromatic nitrogens is 4. The van der Waals surface area contributed by atoms with Gasteiger partial charge in [-0.25, -0.2) is 9.07 Å². The fraction of sp³-hybridized carbons (Fsp3) is 0.476. The molecule has 1 unspecified atom stereocenters. The third kappa shape index (κ3) is 4.64. The Labute approximate surface area is 174 Å². The maximum atomic E-state index is 14.2. The lowest BCUT2D eigenvalue weighted by atomic mass is 10.0. The van der Waals surface area contributed by atoms with Gasteiger partial charge < -0.3 is 4.90 Å². The number of para-hydroxylation sites is 1. The van der Waals surface area contributed by atoms with E-state index in [0.29, 0.717) is 18.2 Å². The van der Waals surface area contributed by atoms with Gasteiger partial charge in [0.1, 0.15) is 5.82 Å². The van der Waals surface area contributed by atoms with Crippen LogP contribution < -0.4 is 4.90 Å². The molecule has 8 heteroatoms. The second kappa shape index (κ2) is 9.00. The van der Waals surface area contributed by atoms with Gasteiger partial charge in [-0.1, -0.05) is 32.0 Å². The number of anilines is 1. The molecule has 6 nitrogen and oxygen atoms in total. The minimum Gasteiger partial charge on any atom is -0.367 e. The standard InChI is InChI=1S/C21H27FN6S/c1-16(2)14-20(21-23-24-25-28(21)15-17-6-5-13-29-17)27-11-9-26(10-12-27)19-8-4-3-7-18(19)22/h3-8,13,16,20H,9-12,14-15H2,1-2H3. The lowest BCUT2D eigenvalue weighted by molar-refractivity contribution is 0.153. The van der Waals surface area contributed by atoms with E-state index in [9.17, 15) is 4.39 Å². The molecule has 0 aliphatic carbocycles. The smallest absolute Gasteiger partial charge is 0.168 e. The second-order valence-corrected chi connectivity index (χ2v) is 8.93. The van der Waals surface area contributed by atoms with Crippen LogP contribution in [-0.2, 0) is 6.54 Å². The predicted molar refractivity (Wildman–Crippen MR) is 114 cm³/mol. The molecule has 0 radical (unpaired) electrons. The van der Waals surface area contributed by atoms with Crippen molar-refractivity contribution in [3.05, 3.63) is 58.3 Å². The van der Waals surface area contributed by atoms with E-state index in [0.717, 1.165) is 38.4 Å². The van der Waals surface area contributed by atoms with Gasteiger partial charge in [0.15, 0.2) is 5.82 Å². The van der Waals surface area contributed by atoms with E-state index in [2.05, 4.69) is 56.7 Å². The maximum absolute atomic E-state index is 14.2. The fourth-order valence-corrected chi connectivity index (χ4v) is 4.65. The van der Waals surface area contributed by atoms with Gasteiger partial charge in [0.25, 0.3) is 0 Å². The molecule has 2 aromatic heterocycles. The highest BCUT2D eigenvalue weighted by molar-refractivity contribution is 7.09. The van der Waals surface area contributed by atoms with Crippen molar-refractivity contribution >= 4 is 17.0 Å². The molecule has 1 atom stereocenters. The Hall–Kier alpha value is -2.32. The molecule has 1 aromatic carbocycles. The third-order valence-electron chi connectivity index (χ3n) is 5.39. The molecule has 1 aliphatic rings. The molecule has 1 aliphatic heterocycles. The van der Waals surface area contributed by atoms with Crippen molar-refractivity contribution in [3.63, 3.8) is 0 Å². The summed E-state index contributed by atoms with van der Waals surface area (Å²) in [5.41, 5.74) is 0.690. The normalized spacial score (nSPS) is 16.5. The molecule has 154 valence electrons. The Morgan fingerprint density at radius 1 is 1.07 bits per heavy atom. The van der Waals surface area contributed by atoms with Gasteiger partial charge in [-0.15, -0.1) is 16.4 Å². The van der Waals surface area contributed by atoms with Crippen LogP contribution in [-0.4, -0.2) is 51.3 Å².